The summed E-state index contributed by atoms with van der Waals surface area (Å²) in [7, 11) is 3.10. The number of fused-ring (bicyclic) bond motifs is 1. The Bertz CT molecular complexity index is 839. The number of carbonyl (C=O) groups is 1. The van der Waals surface area contributed by atoms with Crippen LogP contribution in [0.4, 0.5) is 13.6 Å². The highest BCUT2D eigenvalue weighted by Crippen LogP contribution is 2.41. The second kappa shape index (κ2) is 5.11. The van der Waals surface area contributed by atoms with Crippen LogP contribution >= 0.6 is 0 Å². The minimum atomic E-state index is -3.69. The van der Waals surface area contributed by atoms with E-state index in [0.717, 1.165) is 0 Å². The quantitative estimate of drug-likeness (QED) is 0.806. The lowest BCUT2D eigenvalue weighted by Gasteiger charge is -2.05. The summed E-state index contributed by atoms with van der Waals surface area (Å²) in [6.45, 7) is 1.68. The molecule has 7 nitrogen and oxygen atoms in total. The van der Waals surface area contributed by atoms with E-state index in [1.54, 1.807) is 27.2 Å². The average molecular weight is 325 g/mol. The molecule has 0 saturated heterocycles. The van der Waals surface area contributed by atoms with Gasteiger partial charge < -0.3 is 18.8 Å². The van der Waals surface area contributed by atoms with Crippen LogP contribution in [0.1, 0.15) is 5.76 Å². The second-order valence-electron chi connectivity index (χ2n) is 5.08. The number of carbonyl (C=O) groups excluding carboxylic acids is 1. The number of rotatable bonds is 1. The fourth-order valence-corrected chi connectivity index (χ4v) is 1.99. The number of benzene rings is 1. The number of aromatic nitrogens is 1. The molecule has 0 radical (unpaired) electrons. The SMILES string of the molecule is Cc1cn(-c2ccc3c(c2)OC(F)(F)O3)/c(=N/C(=O)N(C)C)o1. The van der Waals surface area contributed by atoms with Crippen molar-refractivity contribution in [3.63, 3.8) is 0 Å². The highest BCUT2D eigenvalue weighted by Gasteiger charge is 2.43. The maximum Gasteiger partial charge on any atom is 0.586 e. The van der Waals surface area contributed by atoms with Crippen molar-refractivity contribution in [2.45, 2.75) is 13.2 Å². The summed E-state index contributed by atoms with van der Waals surface area (Å²) in [5.41, 5.74) is 0.457. The molecule has 2 aromatic rings. The van der Waals surface area contributed by atoms with E-state index in [1.165, 1.54) is 27.7 Å². The molecule has 1 aromatic heterocycles. The van der Waals surface area contributed by atoms with Crippen molar-refractivity contribution >= 4 is 6.03 Å². The Labute approximate surface area is 129 Å². The van der Waals surface area contributed by atoms with Crippen LogP contribution in [0.15, 0.2) is 33.8 Å². The van der Waals surface area contributed by atoms with Gasteiger partial charge in [-0.1, -0.05) is 0 Å². The van der Waals surface area contributed by atoms with Crippen molar-refractivity contribution in [2.75, 3.05) is 14.1 Å². The van der Waals surface area contributed by atoms with E-state index in [2.05, 4.69) is 14.5 Å². The molecule has 9 heteroatoms. The van der Waals surface area contributed by atoms with Crippen molar-refractivity contribution in [1.29, 1.82) is 0 Å². The number of hydrogen-bond acceptors (Lipinski definition) is 4. The lowest BCUT2D eigenvalue weighted by molar-refractivity contribution is -0.286. The first-order valence-electron chi connectivity index (χ1n) is 6.60. The van der Waals surface area contributed by atoms with E-state index in [0.29, 0.717) is 11.4 Å². The van der Waals surface area contributed by atoms with Crippen molar-refractivity contribution in [1.82, 2.24) is 9.47 Å². The van der Waals surface area contributed by atoms with Gasteiger partial charge in [-0.2, -0.15) is 0 Å². The molecule has 2 amide bonds. The Morgan fingerprint density at radius 3 is 2.65 bits per heavy atom. The smallest absolute Gasteiger partial charge is 0.428 e. The van der Waals surface area contributed by atoms with E-state index in [9.17, 15) is 13.6 Å². The topological polar surface area (TPSA) is 69.2 Å². The summed E-state index contributed by atoms with van der Waals surface area (Å²) in [4.78, 5) is 16.8. The molecule has 0 aliphatic carbocycles. The molecular weight excluding hydrogens is 312 g/mol. The summed E-state index contributed by atoms with van der Waals surface area (Å²) in [6, 6.07) is 3.71. The summed E-state index contributed by atoms with van der Waals surface area (Å²) >= 11 is 0. The summed E-state index contributed by atoms with van der Waals surface area (Å²) in [5, 5.41) is 0. The van der Waals surface area contributed by atoms with Gasteiger partial charge in [0.15, 0.2) is 11.5 Å². The Morgan fingerprint density at radius 1 is 1.26 bits per heavy atom. The fourth-order valence-electron chi connectivity index (χ4n) is 1.99. The Morgan fingerprint density at radius 2 is 1.96 bits per heavy atom. The van der Waals surface area contributed by atoms with Crippen LogP contribution in [-0.4, -0.2) is 35.9 Å². The molecule has 122 valence electrons. The number of halogens is 2. The third-order valence-corrected chi connectivity index (χ3v) is 3.01. The van der Waals surface area contributed by atoms with Crippen LogP contribution in [-0.2, 0) is 0 Å². The Hall–Kier alpha value is -2.84. The van der Waals surface area contributed by atoms with Crippen LogP contribution < -0.4 is 15.2 Å². The van der Waals surface area contributed by atoms with Gasteiger partial charge in [0, 0.05) is 20.2 Å². The molecule has 0 spiro atoms. The van der Waals surface area contributed by atoms with E-state index >= 15 is 0 Å². The third kappa shape index (κ3) is 2.89. The normalized spacial score (nSPS) is 15.8. The maximum absolute atomic E-state index is 13.1. The molecule has 0 unspecified atom stereocenters. The number of nitrogens with zero attached hydrogens (tertiary/aromatic N) is 3. The molecule has 2 heterocycles. The lowest BCUT2D eigenvalue weighted by Crippen LogP contribution is -2.26. The van der Waals surface area contributed by atoms with Gasteiger partial charge in [0.2, 0.25) is 0 Å². The number of urea groups is 1. The number of oxazole rings is 1. The first-order valence-corrected chi connectivity index (χ1v) is 6.60. The monoisotopic (exact) mass is 325 g/mol. The van der Waals surface area contributed by atoms with Gasteiger partial charge in [-0.15, -0.1) is 13.8 Å². The fraction of sp³-hybridized carbons (Fsp3) is 0.286. The Balaban J connectivity index is 2.06. The van der Waals surface area contributed by atoms with E-state index in [4.69, 9.17) is 4.42 Å². The van der Waals surface area contributed by atoms with Crippen LogP contribution in [0.3, 0.4) is 0 Å². The molecule has 0 N–H and O–H groups in total. The zero-order valence-electron chi connectivity index (χ0n) is 12.5. The van der Waals surface area contributed by atoms with Crippen LogP contribution in [0.25, 0.3) is 5.69 Å². The van der Waals surface area contributed by atoms with Crippen LogP contribution in [0.2, 0.25) is 0 Å². The average Bonchev–Trinajstić information content (AvgIpc) is 2.95. The molecule has 0 saturated carbocycles. The van der Waals surface area contributed by atoms with Gasteiger partial charge in [-0.3, -0.25) is 4.57 Å². The van der Waals surface area contributed by atoms with Gasteiger partial charge in [0.25, 0.3) is 0 Å². The van der Waals surface area contributed by atoms with Gasteiger partial charge >= 0.3 is 18.0 Å². The largest absolute Gasteiger partial charge is 0.586 e. The number of hydrogen-bond donors (Lipinski definition) is 0. The predicted octanol–water partition coefficient (Wildman–Crippen LogP) is 2.28. The van der Waals surface area contributed by atoms with Crippen LogP contribution in [0.5, 0.6) is 11.5 Å². The van der Waals surface area contributed by atoms with Crippen molar-refractivity contribution < 1.29 is 27.5 Å². The summed E-state index contributed by atoms with van der Waals surface area (Å²) in [5.74, 6) is 0.324. The zero-order valence-corrected chi connectivity index (χ0v) is 12.5. The summed E-state index contributed by atoms with van der Waals surface area (Å²) < 4.78 is 41.7. The van der Waals surface area contributed by atoms with E-state index in [1.807, 2.05) is 0 Å². The van der Waals surface area contributed by atoms with Gasteiger partial charge in [0.05, 0.1) is 11.9 Å². The van der Waals surface area contributed by atoms with E-state index in [-0.39, 0.29) is 17.2 Å². The van der Waals surface area contributed by atoms with Crippen molar-refractivity contribution in [2.24, 2.45) is 4.99 Å². The number of ether oxygens (including phenoxy) is 2. The van der Waals surface area contributed by atoms with Gasteiger partial charge in [-0.25, -0.2) is 4.79 Å². The minimum Gasteiger partial charge on any atom is -0.428 e. The molecule has 3 rings (SSSR count). The van der Waals surface area contributed by atoms with Gasteiger partial charge in [-0.05, 0) is 19.1 Å². The van der Waals surface area contributed by atoms with Gasteiger partial charge in [0.1, 0.15) is 5.76 Å². The molecule has 0 fully saturated rings. The third-order valence-electron chi connectivity index (χ3n) is 3.01. The second-order valence-corrected chi connectivity index (χ2v) is 5.08. The number of amides is 2. The minimum absolute atomic E-state index is 0.0202. The number of alkyl halides is 2. The molecule has 1 aliphatic heterocycles. The van der Waals surface area contributed by atoms with Crippen LogP contribution in [0, 0.1) is 6.92 Å². The molecule has 23 heavy (non-hydrogen) atoms. The molecule has 1 aliphatic rings. The first-order chi connectivity index (χ1) is 10.7. The lowest BCUT2D eigenvalue weighted by atomic mass is 10.3. The standard InChI is InChI=1S/C14H13F2N3O4/c1-8-7-19(13(21-8)17-12(20)18(2)3)9-4-5-10-11(6-9)23-14(15,16)22-10/h4-7H,1-3H3/b17-13-. The first kappa shape index (κ1) is 15.1. The Kier molecular flexibility index (Phi) is 3.35. The molecule has 0 bridgehead atoms. The molecule has 1 aromatic carbocycles. The predicted molar refractivity (Wildman–Crippen MR) is 73.6 cm³/mol. The molecular formula is C14H13F2N3O4. The highest BCUT2D eigenvalue weighted by atomic mass is 19.3. The highest BCUT2D eigenvalue weighted by molar-refractivity contribution is 5.74. The summed E-state index contributed by atoms with van der Waals surface area (Å²) in [6.07, 6.45) is -2.11. The maximum atomic E-state index is 13.1. The van der Waals surface area contributed by atoms with Crippen molar-refractivity contribution in [3.8, 4) is 17.2 Å². The van der Waals surface area contributed by atoms with E-state index < -0.39 is 12.3 Å². The zero-order chi connectivity index (χ0) is 16.8. The number of aryl methyl sites for hydroxylation is 1. The molecule has 0 atom stereocenters. The van der Waals surface area contributed by atoms with Crippen molar-refractivity contribution in [3.05, 3.63) is 35.8 Å².